The first-order valence-electron chi connectivity index (χ1n) is 8.18. The highest BCUT2D eigenvalue weighted by Crippen LogP contribution is 2.29. The van der Waals surface area contributed by atoms with Crippen LogP contribution in [0, 0.1) is 5.92 Å². The van der Waals surface area contributed by atoms with Crippen LogP contribution in [-0.4, -0.2) is 42.8 Å². The predicted molar refractivity (Wildman–Crippen MR) is 88.3 cm³/mol. The number of rotatable bonds is 9. The lowest BCUT2D eigenvalue weighted by molar-refractivity contribution is 0.114. The lowest BCUT2D eigenvalue weighted by atomic mass is 9.89. The van der Waals surface area contributed by atoms with Crippen LogP contribution in [0.2, 0.25) is 0 Å². The standard InChI is InChI=1S/C18H30N2O/c1-15(2)11-12-20(3)13-18(14-21,19-17-9-10-17)16-7-5-4-6-8-16/h4-8,15,17,19,21H,9-14H2,1-3H3. The molecular weight excluding hydrogens is 260 g/mol. The average Bonchev–Trinajstić information content (AvgIpc) is 3.29. The van der Waals surface area contributed by atoms with E-state index in [4.69, 9.17) is 0 Å². The molecule has 3 heteroatoms. The molecule has 0 bridgehead atoms. The Morgan fingerprint density at radius 1 is 1.29 bits per heavy atom. The summed E-state index contributed by atoms with van der Waals surface area (Å²) in [4.78, 5) is 2.35. The highest BCUT2D eigenvalue weighted by molar-refractivity contribution is 5.26. The topological polar surface area (TPSA) is 35.5 Å². The first-order chi connectivity index (χ1) is 10.1. The molecule has 0 aromatic heterocycles. The zero-order valence-corrected chi connectivity index (χ0v) is 13.7. The third-order valence-electron chi connectivity index (χ3n) is 4.28. The first-order valence-corrected chi connectivity index (χ1v) is 8.18. The van der Waals surface area contributed by atoms with E-state index in [2.05, 4.69) is 55.4 Å². The molecule has 1 saturated carbocycles. The van der Waals surface area contributed by atoms with E-state index in [0.29, 0.717) is 12.0 Å². The summed E-state index contributed by atoms with van der Waals surface area (Å²) in [5.74, 6) is 0.712. The smallest absolute Gasteiger partial charge is 0.0799 e. The number of nitrogens with one attached hydrogen (secondary N) is 1. The number of benzene rings is 1. The van der Waals surface area contributed by atoms with Gasteiger partial charge in [0.15, 0.2) is 0 Å². The summed E-state index contributed by atoms with van der Waals surface area (Å²) in [6, 6.07) is 11.0. The Hall–Kier alpha value is -0.900. The molecule has 2 N–H and O–H groups in total. The predicted octanol–water partition coefficient (Wildman–Crippen LogP) is 2.60. The second kappa shape index (κ2) is 7.39. The lowest BCUT2D eigenvalue weighted by Gasteiger charge is -2.37. The summed E-state index contributed by atoms with van der Waals surface area (Å²) >= 11 is 0. The van der Waals surface area contributed by atoms with Crippen LogP contribution >= 0.6 is 0 Å². The number of hydrogen-bond donors (Lipinski definition) is 2. The first kappa shape index (κ1) is 16.5. The molecule has 0 aliphatic heterocycles. The molecule has 0 spiro atoms. The van der Waals surface area contributed by atoms with Gasteiger partial charge in [0.2, 0.25) is 0 Å². The number of aliphatic hydroxyl groups is 1. The zero-order valence-electron chi connectivity index (χ0n) is 13.7. The Morgan fingerprint density at radius 2 is 1.95 bits per heavy atom. The number of likely N-dealkylation sites (N-methyl/N-ethyl adjacent to an activating group) is 1. The molecule has 1 aromatic rings. The molecule has 2 rings (SSSR count). The average molecular weight is 290 g/mol. The molecule has 1 aliphatic carbocycles. The molecule has 0 amide bonds. The minimum atomic E-state index is -0.339. The van der Waals surface area contributed by atoms with Gasteiger partial charge in [0.05, 0.1) is 12.1 Å². The Kier molecular flexibility index (Phi) is 5.80. The molecule has 1 aliphatic rings. The normalized spacial score (nSPS) is 18.2. The third-order valence-corrected chi connectivity index (χ3v) is 4.28. The lowest BCUT2D eigenvalue weighted by Crippen LogP contribution is -2.54. The molecule has 1 aromatic carbocycles. The van der Waals surface area contributed by atoms with E-state index in [1.54, 1.807) is 0 Å². The van der Waals surface area contributed by atoms with Crippen molar-refractivity contribution in [3.05, 3.63) is 35.9 Å². The van der Waals surface area contributed by atoms with Gasteiger partial charge in [-0.25, -0.2) is 0 Å². The Bertz CT molecular complexity index is 416. The molecule has 1 fully saturated rings. The Morgan fingerprint density at radius 3 is 2.48 bits per heavy atom. The van der Waals surface area contributed by atoms with Crippen LogP contribution in [0.1, 0.15) is 38.7 Å². The van der Waals surface area contributed by atoms with Crippen molar-refractivity contribution in [1.29, 1.82) is 0 Å². The molecule has 0 radical (unpaired) electrons. The van der Waals surface area contributed by atoms with Gasteiger partial charge in [-0.3, -0.25) is 0 Å². The summed E-state index contributed by atoms with van der Waals surface area (Å²) in [5, 5.41) is 13.8. The van der Waals surface area contributed by atoms with Crippen LogP contribution < -0.4 is 5.32 Å². The molecule has 3 nitrogen and oxygen atoms in total. The van der Waals surface area contributed by atoms with Gasteiger partial charge in [-0.2, -0.15) is 0 Å². The van der Waals surface area contributed by atoms with Gasteiger partial charge >= 0.3 is 0 Å². The number of hydrogen-bond acceptors (Lipinski definition) is 3. The molecule has 1 unspecified atom stereocenters. The second-order valence-corrected chi connectivity index (χ2v) is 6.95. The Balaban J connectivity index is 2.10. The second-order valence-electron chi connectivity index (χ2n) is 6.95. The fraction of sp³-hybridized carbons (Fsp3) is 0.667. The van der Waals surface area contributed by atoms with Gasteiger partial charge in [0.1, 0.15) is 0 Å². The molecule has 1 atom stereocenters. The zero-order chi connectivity index (χ0) is 15.3. The molecule has 0 heterocycles. The molecule has 0 saturated heterocycles. The van der Waals surface area contributed by atoms with E-state index in [1.807, 2.05) is 6.07 Å². The van der Waals surface area contributed by atoms with Gasteiger partial charge in [-0.15, -0.1) is 0 Å². The van der Waals surface area contributed by atoms with Gasteiger partial charge in [-0.05, 0) is 44.3 Å². The maximum atomic E-state index is 10.1. The van der Waals surface area contributed by atoms with E-state index in [1.165, 1.54) is 24.8 Å². The summed E-state index contributed by atoms with van der Waals surface area (Å²) < 4.78 is 0. The Labute approximate surface area is 129 Å². The van der Waals surface area contributed by atoms with E-state index in [-0.39, 0.29) is 12.1 Å². The van der Waals surface area contributed by atoms with Gasteiger partial charge in [0, 0.05) is 12.6 Å². The fourth-order valence-electron chi connectivity index (χ4n) is 2.80. The quantitative estimate of drug-likeness (QED) is 0.734. The van der Waals surface area contributed by atoms with Crippen LogP contribution in [-0.2, 0) is 5.54 Å². The van der Waals surface area contributed by atoms with Crippen molar-refractivity contribution >= 4 is 0 Å². The summed E-state index contributed by atoms with van der Waals surface area (Å²) in [5.41, 5.74) is 0.851. The van der Waals surface area contributed by atoms with Crippen molar-refractivity contribution in [3.63, 3.8) is 0 Å². The fourth-order valence-corrected chi connectivity index (χ4v) is 2.80. The number of nitrogens with zero attached hydrogens (tertiary/aromatic N) is 1. The van der Waals surface area contributed by atoms with Crippen molar-refractivity contribution in [2.45, 2.75) is 44.7 Å². The van der Waals surface area contributed by atoms with E-state index < -0.39 is 0 Å². The van der Waals surface area contributed by atoms with Crippen molar-refractivity contribution < 1.29 is 5.11 Å². The summed E-state index contributed by atoms with van der Waals surface area (Å²) in [7, 11) is 2.16. The van der Waals surface area contributed by atoms with E-state index in [9.17, 15) is 5.11 Å². The van der Waals surface area contributed by atoms with Gasteiger partial charge < -0.3 is 15.3 Å². The van der Waals surface area contributed by atoms with Crippen molar-refractivity contribution in [2.75, 3.05) is 26.7 Å². The molecular formula is C18H30N2O. The third kappa shape index (κ3) is 4.80. The minimum Gasteiger partial charge on any atom is -0.394 e. The highest BCUT2D eigenvalue weighted by Gasteiger charge is 2.38. The molecule has 21 heavy (non-hydrogen) atoms. The van der Waals surface area contributed by atoms with E-state index in [0.717, 1.165) is 13.1 Å². The summed E-state index contributed by atoms with van der Waals surface area (Å²) in [6.07, 6.45) is 3.64. The van der Waals surface area contributed by atoms with Crippen molar-refractivity contribution in [1.82, 2.24) is 10.2 Å². The highest BCUT2D eigenvalue weighted by atomic mass is 16.3. The van der Waals surface area contributed by atoms with Gasteiger partial charge in [0.25, 0.3) is 0 Å². The van der Waals surface area contributed by atoms with Crippen LogP contribution in [0.4, 0.5) is 0 Å². The van der Waals surface area contributed by atoms with Crippen LogP contribution in [0.25, 0.3) is 0 Å². The summed E-state index contributed by atoms with van der Waals surface area (Å²) in [6.45, 7) is 6.56. The van der Waals surface area contributed by atoms with Crippen molar-refractivity contribution in [2.24, 2.45) is 5.92 Å². The van der Waals surface area contributed by atoms with Crippen LogP contribution in [0.3, 0.4) is 0 Å². The van der Waals surface area contributed by atoms with Crippen LogP contribution in [0.5, 0.6) is 0 Å². The van der Waals surface area contributed by atoms with Gasteiger partial charge in [-0.1, -0.05) is 44.2 Å². The van der Waals surface area contributed by atoms with E-state index >= 15 is 0 Å². The largest absolute Gasteiger partial charge is 0.394 e. The minimum absolute atomic E-state index is 0.138. The van der Waals surface area contributed by atoms with Crippen LogP contribution in [0.15, 0.2) is 30.3 Å². The maximum Gasteiger partial charge on any atom is 0.0799 e. The molecule has 118 valence electrons. The monoisotopic (exact) mass is 290 g/mol. The van der Waals surface area contributed by atoms with Crippen molar-refractivity contribution in [3.8, 4) is 0 Å². The SMILES string of the molecule is CC(C)CCN(C)CC(CO)(NC1CC1)c1ccccc1. The number of aliphatic hydroxyl groups excluding tert-OH is 1. The maximum absolute atomic E-state index is 10.1.